The lowest BCUT2D eigenvalue weighted by Gasteiger charge is -2.21. The van der Waals surface area contributed by atoms with Crippen molar-refractivity contribution in [2.24, 2.45) is 5.73 Å². The van der Waals surface area contributed by atoms with Gasteiger partial charge in [-0.3, -0.25) is 4.79 Å². The molecule has 6 heteroatoms. The summed E-state index contributed by atoms with van der Waals surface area (Å²) in [4.78, 5) is 12.3. The van der Waals surface area contributed by atoms with Crippen LogP contribution < -0.4 is 11.1 Å². The Morgan fingerprint density at radius 3 is 2.52 bits per heavy atom. The van der Waals surface area contributed by atoms with E-state index in [1.165, 1.54) is 0 Å². The van der Waals surface area contributed by atoms with Gasteiger partial charge in [-0.25, -0.2) is 0 Å². The quantitative estimate of drug-likeness (QED) is 0.890. The van der Waals surface area contributed by atoms with Crippen LogP contribution >= 0.6 is 24.0 Å². The van der Waals surface area contributed by atoms with Crippen LogP contribution in [0.2, 0.25) is 5.02 Å². The predicted octanol–water partition coefficient (Wildman–Crippen LogP) is 2.37. The molecule has 0 radical (unpaired) electrons. The van der Waals surface area contributed by atoms with Gasteiger partial charge in [0.2, 0.25) is 5.91 Å². The summed E-state index contributed by atoms with van der Waals surface area (Å²) in [5.74, 6) is -0.0200. The molecule has 0 aromatic heterocycles. The lowest BCUT2D eigenvalue weighted by Crippen LogP contribution is -2.41. The third-order valence-corrected chi connectivity index (χ3v) is 4.42. The summed E-state index contributed by atoms with van der Waals surface area (Å²) in [6, 6.07) is 7.68. The van der Waals surface area contributed by atoms with Crippen LogP contribution in [0.4, 0.5) is 0 Å². The van der Waals surface area contributed by atoms with Crippen molar-refractivity contribution in [2.75, 3.05) is 6.54 Å². The van der Waals surface area contributed by atoms with Gasteiger partial charge in [0.1, 0.15) is 6.10 Å². The molecule has 1 aromatic rings. The topological polar surface area (TPSA) is 64.4 Å². The minimum absolute atomic E-state index is 0. The van der Waals surface area contributed by atoms with Crippen LogP contribution in [-0.2, 0) is 15.1 Å². The second-order valence-electron chi connectivity index (χ2n) is 5.64. The minimum atomic E-state index is -0.353. The number of rotatable bonds is 4. The Kier molecular flexibility index (Phi) is 5.15. The highest BCUT2D eigenvalue weighted by Crippen LogP contribution is 2.46. The molecule has 0 spiro atoms. The third-order valence-electron chi connectivity index (χ3n) is 4.17. The number of hydrogen-bond acceptors (Lipinski definition) is 3. The molecule has 3 rings (SSSR count). The van der Waals surface area contributed by atoms with Gasteiger partial charge >= 0.3 is 0 Å². The van der Waals surface area contributed by atoms with Gasteiger partial charge in [0.25, 0.3) is 0 Å². The van der Waals surface area contributed by atoms with E-state index in [2.05, 4.69) is 5.32 Å². The summed E-state index contributed by atoms with van der Waals surface area (Å²) in [5.41, 5.74) is 6.47. The molecule has 1 saturated carbocycles. The Balaban J connectivity index is 0.00000161. The first-order chi connectivity index (χ1) is 9.63. The van der Waals surface area contributed by atoms with Crippen molar-refractivity contribution < 1.29 is 9.53 Å². The first-order valence-corrected chi connectivity index (χ1v) is 7.44. The lowest BCUT2D eigenvalue weighted by molar-refractivity contribution is -0.132. The average Bonchev–Trinajstić information content (AvgIpc) is 3.06. The van der Waals surface area contributed by atoms with Crippen LogP contribution in [0, 0.1) is 0 Å². The molecule has 0 bridgehead atoms. The Morgan fingerprint density at radius 1 is 1.33 bits per heavy atom. The zero-order valence-electron chi connectivity index (χ0n) is 11.7. The van der Waals surface area contributed by atoms with Gasteiger partial charge in [0, 0.05) is 11.6 Å². The highest BCUT2D eigenvalue weighted by molar-refractivity contribution is 6.30. The Hall–Kier alpha value is -0.810. The van der Waals surface area contributed by atoms with Crippen molar-refractivity contribution in [3.8, 4) is 0 Å². The number of ether oxygens (including phenoxy) is 1. The first kappa shape index (κ1) is 16.6. The Labute approximate surface area is 135 Å². The normalized spacial score (nSPS) is 26.0. The molecule has 2 atom stereocenters. The van der Waals surface area contributed by atoms with Crippen LogP contribution in [0.1, 0.15) is 31.2 Å². The van der Waals surface area contributed by atoms with Crippen molar-refractivity contribution >= 4 is 29.9 Å². The molecule has 4 nitrogen and oxygen atoms in total. The van der Waals surface area contributed by atoms with Crippen molar-refractivity contribution in [2.45, 2.75) is 43.4 Å². The predicted molar refractivity (Wildman–Crippen MR) is 84.7 cm³/mol. The molecular weight excluding hydrogens is 311 g/mol. The fraction of sp³-hybridized carbons (Fsp3) is 0.533. The average molecular weight is 331 g/mol. The fourth-order valence-electron chi connectivity index (χ4n) is 2.77. The summed E-state index contributed by atoms with van der Waals surface area (Å²) in [7, 11) is 0. The standard InChI is InChI=1S/C15H19ClN2O2.ClH/c16-11-3-1-10(2-4-11)15(7-8-15)18-14(19)13-6-5-12(9-17)20-13;/h1-4,12-13H,5-9,17H2,(H,18,19);1H/t12-,13+;/m1./s1. The number of amides is 1. The van der Waals surface area contributed by atoms with E-state index < -0.39 is 0 Å². The summed E-state index contributed by atoms with van der Waals surface area (Å²) in [6.07, 6.45) is 3.22. The first-order valence-electron chi connectivity index (χ1n) is 7.06. The summed E-state index contributed by atoms with van der Waals surface area (Å²) in [5, 5.41) is 3.85. The van der Waals surface area contributed by atoms with Crippen LogP contribution in [0.5, 0.6) is 0 Å². The van der Waals surface area contributed by atoms with Crippen molar-refractivity contribution in [1.82, 2.24) is 5.32 Å². The highest BCUT2D eigenvalue weighted by atomic mass is 35.5. The van der Waals surface area contributed by atoms with E-state index in [1.54, 1.807) is 0 Å². The fourth-order valence-corrected chi connectivity index (χ4v) is 2.89. The lowest BCUT2D eigenvalue weighted by atomic mass is 10.0. The molecule has 116 valence electrons. The van der Waals surface area contributed by atoms with E-state index >= 15 is 0 Å². The molecular formula is C15H20Cl2N2O2. The largest absolute Gasteiger partial charge is 0.364 e. The summed E-state index contributed by atoms with van der Waals surface area (Å²) in [6.45, 7) is 0.478. The molecule has 2 fully saturated rings. The third kappa shape index (κ3) is 3.51. The van der Waals surface area contributed by atoms with Gasteiger partial charge < -0.3 is 15.8 Å². The van der Waals surface area contributed by atoms with Gasteiger partial charge in [-0.05, 0) is 43.4 Å². The van der Waals surface area contributed by atoms with Crippen molar-refractivity contribution in [3.05, 3.63) is 34.9 Å². The zero-order valence-corrected chi connectivity index (χ0v) is 13.3. The molecule has 0 unspecified atom stereocenters. The van der Waals surface area contributed by atoms with Gasteiger partial charge in [0.05, 0.1) is 11.6 Å². The SMILES string of the molecule is Cl.NC[C@H]1CC[C@@H](C(=O)NC2(c3ccc(Cl)cc3)CC2)O1. The van der Waals surface area contributed by atoms with E-state index in [4.69, 9.17) is 22.1 Å². The van der Waals surface area contributed by atoms with Crippen LogP contribution in [0.25, 0.3) is 0 Å². The van der Waals surface area contributed by atoms with E-state index in [-0.39, 0.29) is 36.1 Å². The molecule has 1 saturated heterocycles. The summed E-state index contributed by atoms with van der Waals surface area (Å²) >= 11 is 5.90. The monoisotopic (exact) mass is 330 g/mol. The number of benzene rings is 1. The molecule has 1 aliphatic heterocycles. The van der Waals surface area contributed by atoms with Crippen molar-refractivity contribution in [3.63, 3.8) is 0 Å². The number of carbonyl (C=O) groups is 1. The van der Waals surface area contributed by atoms with E-state index in [9.17, 15) is 4.79 Å². The molecule has 3 N–H and O–H groups in total. The number of nitrogens with two attached hydrogens (primary N) is 1. The molecule has 1 heterocycles. The van der Waals surface area contributed by atoms with E-state index in [1.807, 2.05) is 24.3 Å². The van der Waals surface area contributed by atoms with Crippen LogP contribution in [0.3, 0.4) is 0 Å². The molecule has 1 amide bonds. The van der Waals surface area contributed by atoms with Crippen LogP contribution in [-0.4, -0.2) is 24.7 Å². The molecule has 21 heavy (non-hydrogen) atoms. The second kappa shape index (κ2) is 6.53. The number of halogens is 2. The molecule has 1 aromatic carbocycles. The number of hydrogen-bond donors (Lipinski definition) is 2. The van der Waals surface area contributed by atoms with Gasteiger partial charge in [0.15, 0.2) is 0 Å². The Morgan fingerprint density at radius 2 is 2.00 bits per heavy atom. The maximum absolute atomic E-state index is 12.3. The number of carbonyl (C=O) groups excluding carboxylic acids is 1. The highest BCUT2D eigenvalue weighted by Gasteiger charge is 2.47. The maximum atomic E-state index is 12.3. The van der Waals surface area contributed by atoms with Gasteiger partial charge in [-0.15, -0.1) is 12.4 Å². The zero-order chi connectivity index (χ0) is 14.2. The van der Waals surface area contributed by atoms with E-state index in [0.29, 0.717) is 11.6 Å². The maximum Gasteiger partial charge on any atom is 0.249 e. The molecule has 1 aliphatic carbocycles. The summed E-state index contributed by atoms with van der Waals surface area (Å²) < 4.78 is 5.64. The van der Waals surface area contributed by atoms with Crippen molar-refractivity contribution in [1.29, 1.82) is 0 Å². The van der Waals surface area contributed by atoms with Crippen LogP contribution in [0.15, 0.2) is 24.3 Å². The van der Waals surface area contributed by atoms with Gasteiger partial charge in [-0.1, -0.05) is 23.7 Å². The van der Waals surface area contributed by atoms with Gasteiger partial charge in [-0.2, -0.15) is 0 Å². The smallest absolute Gasteiger partial charge is 0.249 e. The molecule has 2 aliphatic rings. The Bertz CT molecular complexity index is 503. The van der Waals surface area contributed by atoms with E-state index in [0.717, 1.165) is 31.2 Å². The number of nitrogens with one attached hydrogen (secondary N) is 1. The second-order valence-corrected chi connectivity index (χ2v) is 6.07. The minimum Gasteiger partial charge on any atom is -0.364 e.